The van der Waals surface area contributed by atoms with E-state index in [4.69, 9.17) is 4.42 Å². The van der Waals surface area contributed by atoms with E-state index < -0.39 is 5.41 Å². The minimum atomic E-state index is -0.417. The minimum absolute atomic E-state index is 0. The minimum Gasteiger partial charge on any atom is -0.512 e. The second-order valence-corrected chi connectivity index (χ2v) is 13.3. The number of hydrogen-bond acceptors (Lipinski definition) is 5. The maximum absolute atomic E-state index is 11.5. The van der Waals surface area contributed by atoms with E-state index in [1.54, 1.807) is 6.33 Å². The molecule has 0 aliphatic carbocycles. The number of rotatable bonds is 2. The SMILES string of the molecule is CC(C)(C)C(=O)/C=C(\O)C(C)(C)C.CC(C)(C)c1c[c-]c(-c2ncnc3c2oc2c4ccccc4ccc32)cc1.[Ir]. The van der Waals surface area contributed by atoms with Crippen molar-refractivity contribution in [3.05, 3.63) is 84.4 Å². The molecule has 0 atom stereocenters. The van der Waals surface area contributed by atoms with Crippen LogP contribution in [-0.2, 0) is 30.3 Å². The number of carbonyl (C=O) groups is 1. The molecule has 1 radical (unpaired) electrons. The van der Waals surface area contributed by atoms with Gasteiger partial charge in [-0.15, -0.1) is 35.4 Å². The number of carbonyl (C=O) groups excluding carboxylic acids is 1. The number of fused-ring (bicyclic) bond motifs is 5. The van der Waals surface area contributed by atoms with Gasteiger partial charge in [0.05, 0.1) is 0 Å². The Hall–Kier alpha value is -3.34. The molecule has 0 saturated carbocycles. The van der Waals surface area contributed by atoms with Crippen LogP contribution in [-0.4, -0.2) is 20.9 Å². The number of aliphatic hydroxyl groups is 1. The molecule has 2 aromatic heterocycles. The van der Waals surface area contributed by atoms with Crippen LogP contribution in [0.15, 0.2) is 77.2 Å². The van der Waals surface area contributed by atoms with Gasteiger partial charge in [-0.2, -0.15) is 0 Å². The molecule has 6 heteroatoms. The van der Waals surface area contributed by atoms with E-state index in [1.807, 2.05) is 59.7 Å². The van der Waals surface area contributed by atoms with Crippen molar-refractivity contribution >= 4 is 38.6 Å². The fourth-order valence-electron chi connectivity index (χ4n) is 4.09. The molecule has 5 nitrogen and oxygen atoms in total. The molecule has 0 bridgehead atoms. The van der Waals surface area contributed by atoms with Crippen molar-refractivity contribution in [3.63, 3.8) is 0 Å². The van der Waals surface area contributed by atoms with E-state index in [2.05, 4.69) is 73.2 Å². The molecule has 1 N–H and O–H groups in total. The largest absolute Gasteiger partial charge is 0.512 e. The number of furan rings is 1. The van der Waals surface area contributed by atoms with Crippen LogP contribution in [0.5, 0.6) is 0 Å². The molecule has 3 aromatic carbocycles. The van der Waals surface area contributed by atoms with Gasteiger partial charge in [0, 0.05) is 53.5 Å². The standard InChI is InChI=1S/C24H19N2O.C11H20O2.Ir/c1-24(2,3)17-11-8-16(9-12-17)20-23-21(26-14-25-20)19-13-10-15-6-4-5-7-18(15)22(19)27-23;1-10(2,3)8(12)7-9(13)11(4,5)6;/h4-8,10-14H,1-3H3;7,12H,1-6H3;/q-1;;/b;8-7-;. The third-order valence-electron chi connectivity index (χ3n) is 6.85. The van der Waals surface area contributed by atoms with Crippen LogP contribution in [0.1, 0.15) is 67.9 Å². The monoisotopic (exact) mass is 728 g/mol. The van der Waals surface area contributed by atoms with Gasteiger partial charge >= 0.3 is 0 Å². The molecular weight excluding hydrogens is 689 g/mol. The molecule has 0 saturated heterocycles. The first-order chi connectivity index (χ1) is 18.6. The summed E-state index contributed by atoms with van der Waals surface area (Å²) in [4.78, 5) is 20.5. The summed E-state index contributed by atoms with van der Waals surface area (Å²) >= 11 is 0. The molecule has 0 unspecified atom stereocenters. The van der Waals surface area contributed by atoms with Gasteiger partial charge in [-0.25, -0.2) is 4.98 Å². The molecule has 0 spiro atoms. The van der Waals surface area contributed by atoms with Gasteiger partial charge in [0.15, 0.2) is 5.78 Å². The van der Waals surface area contributed by atoms with Crippen molar-refractivity contribution in [3.8, 4) is 11.3 Å². The molecule has 2 heterocycles. The van der Waals surface area contributed by atoms with Crippen molar-refractivity contribution in [2.24, 2.45) is 10.8 Å². The van der Waals surface area contributed by atoms with Crippen LogP contribution in [0.2, 0.25) is 0 Å². The summed E-state index contributed by atoms with van der Waals surface area (Å²) in [6.07, 6.45) is 2.94. The van der Waals surface area contributed by atoms with Crippen LogP contribution in [0.4, 0.5) is 0 Å². The Labute approximate surface area is 256 Å². The zero-order valence-corrected chi connectivity index (χ0v) is 27.7. The van der Waals surface area contributed by atoms with Crippen LogP contribution < -0.4 is 0 Å². The second-order valence-electron chi connectivity index (χ2n) is 13.3. The number of nitrogens with zero attached hydrogens (tertiary/aromatic N) is 2. The summed E-state index contributed by atoms with van der Waals surface area (Å²) in [7, 11) is 0. The van der Waals surface area contributed by atoms with Crippen LogP contribution in [0, 0.1) is 16.9 Å². The van der Waals surface area contributed by atoms with Gasteiger partial charge in [0.2, 0.25) is 0 Å². The molecule has 0 aliphatic rings. The zero-order chi connectivity index (χ0) is 29.5. The first-order valence-electron chi connectivity index (χ1n) is 13.6. The third kappa shape index (κ3) is 7.12. The first-order valence-corrected chi connectivity index (χ1v) is 13.6. The summed E-state index contributed by atoms with van der Waals surface area (Å²) in [6.45, 7) is 17.7. The molecule has 5 rings (SSSR count). The third-order valence-corrected chi connectivity index (χ3v) is 6.85. The Morgan fingerprint density at radius 3 is 2.10 bits per heavy atom. The summed E-state index contributed by atoms with van der Waals surface area (Å²) in [6, 6.07) is 22.0. The summed E-state index contributed by atoms with van der Waals surface area (Å²) in [5.41, 5.74) is 4.68. The van der Waals surface area contributed by atoms with E-state index >= 15 is 0 Å². The zero-order valence-electron chi connectivity index (χ0n) is 25.3. The number of benzene rings is 3. The Morgan fingerprint density at radius 1 is 0.829 bits per heavy atom. The fourth-order valence-corrected chi connectivity index (χ4v) is 4.09. The molecular formula is C35H39IrN2O3-. The van der Waals surface area contributed by atoms with Gasteiger partial charge in [-0.3, -0.25) is 9.78 Å². The predicted octanol–water partition coefficient (Wildman–Crippen LogP) is 9.38. The van der Waals surface area contributed by atoms with E-state index in [9.17, 15) is 9.90 Å². The quantitative estimate of drug-likeness (QED) is 0.111. The average molecular weight is 728 g/mol. The van der Waals surface area contributed by atoms with Crippen LogP contribution >= 0.6 is 0 Å². The van der Waals surface area contributed by atoms with Gasteiger partial charge in [-0.1, -0.05) is 92.6 Å². The summed E-state index contributed by atoms with van der Waals surface area (Å²) in [5, 5.41) is 12.8. The Bertz CT molecular complexity index is 1710. The smallest absolute Gasteiger partial charge is 0.164 e. The van der Waals surface area contributed by atoms with E-state index in [0.717, 1.165) is 38.5 Å². The molecule has 0 amide bonds. The number of aromatic nitrogens is 2. The first kappa shape index (κ1) is 32.2. The summed E-state index contributed by atoms with van der Waals surface area (Å²) in [5.74, 6) is 0.104. The van der Waals surface area contributed by atoms with E-state index in [1.165, 1.54) is 11.6 Å². The van der Waals surface area contributed by atoms with Crippen molar-refractivity contribution in [1.29, 1.82) is 0 Å². The average Bonchev–Trinajstić information content (AvgIpc) is 3.27. The topological polar surface area (TPSA) is 76.2 Å². The van der Waals surface area contributed by atoms with Crippen molar-refractivity contribution in [1.82, 2.24) is 9.97 Å². The number of hydrogen-bond donors (Lipinski definition) is 1. The van der Waals surface area contributed by atoms with Gasteiger partial charge < -0.3 is 9.52 Å². The summed E-state index contributed by atoms with van der Waals surface area (Å²) < 4.78 is 6.30. The van der Waals surface area contributed by atoms with E-state index in [0.29, 0.717) is 5.58 Å². The fraction of sp³-hybridized carbons (Fsp3) is 0.343. The number of aliphatic hydroxyl groups excluding tert-OH is 1. The number of allylic oxidation sites excluding steroid dienone is 2. The van der Waals surface area contributed by atoms with Crippen molar-refractivity contribution in [2.75, 3.05) is 0 Å². The Morgan fingerprint density at radius 2 is 1.51 bits per heavy atom. The van der Waals surface area contributed by atoms with Crippen LogP contribution in [0.3, 0.4) is 0 Å². The normalized spacial score (nSPS) is 12.7. The predicted molar refractivity (Wildman–Crippen MR) is 164 cm³/mol. The second kappa shape index (κ2) is 11.9. The van der Waals surface area contributed by atoms with Crippen LogP contribution in [0.25, 0.3) is 44.1 Å². The van der Waals surface area contributed by atoms with Gasteiger partial charge in [-0.05, 0) is 16.9 Å². The number of ketones is 1. The molecule has 41 heavy (non-hydrogen) atoms. The maximum Gasteiger partial charge on any atom is 0.164 e. The van der Waals surface area contributed by atoms with Gasteiger partial charge in [0.25, 0.3) is 0 Å². The molecule has 0 fully saturated rings. The Balaban J connectivity index is 0.000000284. The molecule has 217 valence electrons. The van der Waals surface area contributed by atoms with E-state index in [-0.39, 0.29) is 42.5 Å². The molecule has 0 aliphatic heterocycles. The Kier molecular flexibility index (Phi) is 9.32. The van der Waals surface area contributed by atoms with Crippen molar-refractivity contribution in [2.45, 2.75) is 67.7 Å². The maximum atomic E-state index is 11.5. The van der Waals surface area contributed by atoms with Gasteiger partial charge in [0.1, 0.15) is 28.8 Å². The molecule has 5 aromatic rings. The van der Waals surface area contributed by atoms with Crippen molar-refractivity contribution < 1.29 is 34.4 Å².